The third-order valence-corrected chi connectivity index (χ3v) is 3.02. The van der Waals surface area contributed by atoms with Gasteiger partial charge in [0.15, 0.2) is 0 Å². The van der Waals surface area contributed by atoms with Crippen LogP contribution in [0.15, 0.2) is 0 Å². The summed E-state index contributed by atoms with van der Waals surface area (Å²) in [6, 6.07) is 0.809. The maximum atomic E-state index is 3.46. The largest absolute Gasteiger partial charge is 0.412 e. The molecule has 2 fully saturated rings. The van der Waals surface area contributed by atoms with Gasteiger partial charge in [0.25, 0.3) is 0 Å². The highest BCUT2D eigenvalue weighted by Crippen LogP contribution is 2.15. The Hall–Kier alpha value is -0.160. The lowest BCUT2D eigenvalue weighted by Crippen LogP contribution is -2.46. The molecule has 0 aromatic heterocycles. The summed E-state index contributed by atoms with van der Waals surface area (Å²) in [5, 5.41) is 2.45. The van der Waals surface area contributed by atoms with Crippen molar-refractivity contribution < 1.29 is 5.48 Å². The third kappa shape index (κ3) is 2.64. The van der Waals surface area contributed by atoms with Gasteiger partial charge in [0, 0.05) is 19.1 Å². The molecule has 0 spiro atoms. The molecule has 2 saturated heterocycles. The molecule has 0 aromatic carbocycles. The van der Waals surface area contributed by atoms with Crippen molar-refractivity contribution in [2.75, 3.05) is 33.2 Å². The van der Waals surface area contributed by atoms with Gasteiger partial charge in [0.2, 0.25) is 0 Å². The summed E-state index contributed by atoms with van der Waals surface area (Å²) in [4.78, 5) is 2.42. The Morgan fingerprint density at radius 3 is 2.38 bits per heavy atom. The number of piperidine rings is 1. The van der Waals surface area contributed by atoms with Crippen molar-refractivity contribution in [3.05, 3.63) is 0 Å². The quantitative estimate of drug-likeness (QED) is 0.600. The maximum absolute atomic E-state index is 3.46. The predicted molar refractivity (Wildman–Crippen MR) is 53.5 cm³/mol. The zero-order valence-corrected chi connectivity index (χ0v) is 8.42. The van der Waals surface area contributed by atoms with Crippen LogP contribution in [0.1, 0.15) is 19.3 Å². The molecule has 78 valence electrons. The van der Waals surface area contributed by atoms with Gasteiger partial charge in [-0.3, -0.25) is 5.43 Å². The molecule has 0 unspecified atom stereocenters. The highest BCUT2D eigenvalue weighted by atomic mass is 16.0. The molecule has 2 rings (SSSR count). The van der Waals surface area contributed by atoms with Gasteiger partial charge in [0.05, 0.1) is 0 Å². The van der Waals surface area contributed by atoms with E-state index in [2.05, 4.69) is 22.4 Å². The topological polar surface area (TPSA) is 50.0 Å². The molecule has 0 bridgehead atoms. The second-order valence-electron chi connectivity index (χ2n) is 3.99. The van der Waals surface area contributed by atoms with Crippen molar-refractivity contribution in [3.8, 4) is 0 Å². The smallest absolute Gasteiger partial charge is 0.0267 e. The third-order valence-electron chi connectivity index (χ3n) is 3.02. The fraction of sp³-hybridized carbons (Fsp3) is 1.00. The molecule has 4 nitrogen and oxygen atoms in total. The Kier molecular flexibility index (Phi) is 4.12. The zero-order valence-electron chi connectivity index (χ0n) is 8.42. The van der Waals surface area contributed by atoms with Crippen molar-refractivity contribution in [1.29, 1.82) is 0 Å². The van der Waals surface area contributed by atoms with E-state index in [0.717, 1.165) is 6.04 Å². The van der Waals surface area contributed by atoms with E-state index in [-0.39, 0.29) is 5.48 Å². The van der Waals surface area contributed by atoms with Gasteiger partial charge < -0.3 is 10.4 Å². The summed E-state index contributed by atoms with van der Waals surface area (Å²) < 4.78 is 0. The Morgan fingerprint density at radius 1 is 1.15 bits per heavy atom. The van der Waals surface area contributed by atoms with Crippen LogP contribution in [0.25, 0.3) is 0 Å². The van der Waals surface area contributed by atoms with E-state index < -0.39 is 0 Å². The molecule has 0 atom stereocenters. The first kappa shape index (κ1) is 10.9. The van der Waals surface area contributed by atoms with Crippen molar-refractivity contribution >= 4 is 0 Å². The van der Waals surface area contributed by atoms with Gasteiger partial charge in [-0.05, 0) is 39.4 Å². The van der Waals surface area contributed by atoms with E-state index in [1.165, 1.54) is 45.4 Å². The first-order valence-corrected chi connectivity index (χ1v) is 5.05. The Morgan fingerprint density at radius 2 is 1.85 bits per heavy atom. The minimum Gasteiger partial charge on any atom is -0.412 e. The van der Waals surface area contributed by atoms with Crippen LogP contribution in [0.3, 0.4) is 0 Å². The van der Waals surface area contributed by atoms with Crippen LogP contribution >= 0.6 is 0 Å². The van der Waals surface area contributed by atoms with Gasteiger partial charge in [-0.25, -0.2) is 5.01 Å². The molecular formula is C9H21N3O. The van der Waals surface area contributed by atoms with Crippen LogP contribution < -0.4 is 5.43 Å². The Bertz CT molecular complexity index is 140. The van der Waals surface area contributed by atoms with E-state index in [1.54, 1.807) is 0 Å². The van der Waals surface area contributed by atoms with E-state index in [0.29, 0.717) is 0 Å². The lowest BCUT2D eigenvalue weighted by molar-refractivity contribution is 0.106. The fourth-order valence-electron chi connectivity index (χ4n) is 2.17. The predicted octanol–water partition coefficient (Wildman–Crippen LogP) is -0.534. The molecule has 4 heteroatoms. The average molecular weight is 187 g/mol. The standard InChI is InChI=1S/C9H19N3.H2O/c1-11-7-3-9(4-8-11)12-6-2-5-10-12;/h9-10H,2-8H2,1H3;1H2. The van der Waals surface area contributed by atoms with Crippen LogP contribution in [0.5, 0.6) is 0 Å². The number of likely N-dealkylation sites (tertiary alicyclic amines) is 1. The van der Waals surface area contributed by atoms with Crippen LogP contribution in [0.2, 0.25) is 0 Å². The molecular weight excluding hydrogens is 166 g/mol. The molecule has 0 aliphatic carbocycles. The molecule has 0 saturated carbocycles. The van der Waals surface area contributed by atoms with Crippen LogP contribution in [0, 0.1) is 0 Å². The molecule has 2 aliphatic heterocycles. The molecule has 0 amide bonds. The minimum absolute atomic E-state index is 0. The first-order valence-electron chi connectivity index (χ1n) is 5.05. The summed E-state index contributed by atoms with van der Waals surface area (Å²) in [5.41, 5.74) is 3.46. The summed E-state index contributed by atoms with van der Waals surface area (Å²) in [7, 11) is 2.22. The van der Waals surface area contributed by atoms with Gasteiger partial charge in [-0.15, -0.1) is 0 Å². The first-order chi connectivity index (χ1) is 5.86. The average Bonchev–Trinajstić information content (AvgIpc) is 2.58. The van der Waals surface area contributed by atoms with Gasteiger partial charge in [0.1, 0.15) is 0 Å². The Balaban J connectivity index is 0.000000845. The lowest BCUT2D eigenvalue weighted by atomic mass is 10.1. The molecule has 13 heavy (non-hydrogen) atoms. The van der Waals surface area contributed by atoms with Crippen molar-refractivity contribution in [1.82, 2.24) is 15.3 Å². The number of rotatable bonds is 1. The van der Waals surface area contributed by atoms with E-state index in [4.69, 9.17) is 0 Å². The minimum atomic E-state index is 0. The number of hydrazine groups is 1. The fourth-order valence-corrected chi connectivity index (χ4v) is 2.17. The summed E-state index contributed by atoms with van der Waals surface area (Å²) in [6.45, 7) is 4.98. The van der Waals surface area contributed by atoms with E-state index >= 15 is 0 Å². The molecule has 2 aliphatic rings. The van der Waals surface area contributed by atoms with Crippen molar-refractivity contribution in [3.63, 3.8) is 0 Å². The highest BCUT2D eigenvalue weighted by Gasteiger charge is 2.24. The van der Waals surface area contributed by atoms with Crippen LogP contribution in [-0.4, -0.2) is 54.7 Å². The van der Waals surface area contributed by atoms with E-state index in [1.807, 2.05) is 0 Å². The van der Waals surface area contributed by atoms with E-state index in [9.17, 15) is 0 Å². The SMILES string of the molecule is CN1CCC(N2CCCN2)CC1.O. The lowest BCUT2D eigenvalue weighted by Gasteiger charge is -2.34. The monoisotopic (exact) mass is 187 g/mol. The number of hydrogen-bond acceptors (Lipinski definition) is 3. The molecule has 0 aromatic rings. The second kappa shape index (κ2) is 4.91. The normalized spacial score (nSPS) is 27.5. The number of hydrogen-bond donors (Lipinski definition) is 1. The highest BCUT2D eigenvalue weighted by molar-refractivity contribution is 4.78. The molecule has 2 heterocycles. The van der Waals surface area contributed by atoms with Crippen LogP contribution in [-0.2, 0) is 0 Å². The Labute approximate surface area is 80.2 Å². The summed E-state index contributed by atoms with van der Waals surface area (Å²) >= 11 is 0. The molecule has 3 N–H and O–H groups in total. The van der Waals surface area contributed by atoms with Crippen molar-refractivity contribution in [2.45, 2.75) is 25.3 Å². The summed E-state index contributed by atoms with van der Waals surface area (Å²) in [5.74, 6) is 0. The number of nitrogens with zero attached hydrogens (tertiary/aromatic N) is 2. The maximum Gasteiger partial charge on any atom is 0.0267 e. The molecule has 0 radical (unpaired) electrons. The zero-order chi connectivity index (χ0) is 8.39. The number of nitrogens with one attached hydrogen (secondary N) is 1. The van der Waals surface area contributed by atoms with Gasteiger partial charge in [-0.1, -0.05) is 0 Å². The summed E-state index contributed by atoms with van der Waals surface area (Å²) in [6.07, 6.45) is 4.00. The second-order valence-corrected chi connectivity index (χ2v) is 3.99. The van der Waals surface area contributed by atoms with Crippen molar-refractivity contribution in [2.24, 2.45) is 0 Å². The van der Waals surface area contributed by atoms with Gasteiger partial charge >= 0.3 is 0 Å². The van der Waals surface area contributed by atoms with Crippen LogP contribution in [0.4, 0.5) is 0 Å². The van der Waals surface area contributed by atoms with Gasteiger partial charge in [-0.2, -0.15) is 0 Å².